The Bertz CT molecular complexity index is 539. The molecule has 0 saturated carbocycles. The van der Waals surface area contributed by atoms with E-state index >= 15 is 0 Å². The summed E-state index contributed by atoms with van der Waals surface area (Å²) in [4.78, 5) is 17.1. The van der Waals surface area contributed by atoms with Crippen LogP contribution in [-0.4, -0.2) is 61.6 Å². The zero-order valence-electron chi connectivity index (χ0n) is 16.1. The molecule has 1 fully saturated rings. The highest BCUT2D eigenvalue weighted by Crippen LogP contribution is 2.13. The Labute approximate surface area is 152 Å². The Kier molecular flexibility index (Phi) is 7.88. The summed E-state index contributed by atoms with van der Waals surface area (Å²) in [6.45, 7) is 12.5. The number of hydrogen-bond acceptors (Lipinski definition) is 4. The van der Waals surface area contributed by atoms with Gasteiger partial charge in [-0.1, -0.05) is 38.1 Å². The van der Waals surface area contributed by atoms with E-state index in [1.807, 2.05) is 13.0 Å². The van der Waals surface area contributed by atoms with Crippen LogP contribution in [0.15, 0.2) is 24.3 Å². The predicted molar refractivity (Wildman–Crippen MR) is 101 cm³/mol. The highest BCUT2D eigenvalue weighted by Gasteiger charge is 2.17. The number of ether oxygens (including phenoxy) is 1. The lowest BCUT2D eigenvalue weighted by Crippen LogP contribution is -2.44. The van der Waals surface area contributed by atoms with E-state index in [0.29, 0.717) is 19.1 Å². The van der Waals surface area contributed by atoms with Crippen LogP contribution < -0.4 is 5.32 Å². The first-order valence-corrected chi connectivity index (χ1v) is 9.32. The summed E-state index contributed by atoms with van der Waals surface area (Å²) >= 11 is 0. The number of nitrogens with one attached hydrogen (secondary N) is 1. The number of hydrogen-bond donors (Lipinski definition) is 1. The number of likely N-dealkylation sites (N-methyl/N-ethyl adjacent to an activating group) is 1. The van der Waals surface area contributed by atoms with Gasteiger partial charge in [0.05, 0.1) is 0 Å². The lowest BCUT2D eigenvalue weighted by atomic mass is 10.1. The molecule has 0 aromatic heterocycles. The van der Waals surface area contributed by atoms with Crippen LogP contribution in [-0.2, 0) is 22.6 Å². The van der Waals surface area contributed by atoms with Gasteiger partial charge in [0.25, 0.3) is 0 Å². The van der Waals surface area contributed by atoms with E-state index in [-0.39, 0.29) is 5.91 Å². The maximum Gasteiger partial charge on any atom is 0.249 e. The van der Waals surface area contributed by atoms with Crippen molar-refractivity contribution < 1.29 is 9.53 Å². The molecule has 1 aromatic carbocycles. The van der Waals surface area contributed by atoms with Crippen molar-refractivity contribution in [3.63, 3.8) is 0 Å². The molecule has 1 N–H and O–H groups in total. The number of rotatable bonds is 8. The fourth-order valence-electron chi connectivity index (χ4n) is 2.87. The molecule has 5 nitrogen and oxygen atoms in total. The van der Waals surface area contributed by atoms with Gasteiger partial charge in [0, 0.05) is 45.9 Å². The van der Waals surface area contributed by atoms with Gasteiger partial charge >= 0.3 is 0 Å². The van der Waals surface area contributed by atoms with Crippen LogP contribution in [0.3, 0.4) is 0 Å². The highest BCUT2D eigenvalue weighted by molar-refractivity contribution is 5.80. The van der Waals surface area contributed by atoms with Gasteiger partial charge < -0.3 is 15.0 Å². The first-order chi connectivity index (χ1) is 12.0. The van der Waals surface area contributed by atoms with Crippen molar-refractivity contribution in [3.8, 4) is 0 Å². The van der Waals surface area contributed by atoms with Crippen LogP contribution in [0.5, 0.6) is 0 Å². The van der Waals surface area contributed by atoms with E-state index in [4.69, 9.17) is 4.74 Å². The molecule has 1 atom stereocenters. The van der Waals surface area contributed by atoms with Crippen LogP contribution in [0.4, 0.5) is 0 Å². The van der Waals surface area contributed by atoms with Crippen LogP contribution in [0.25, 0.3) is 0 Å². The lowest BCUT2D eigenvalue weighted by molar-refractivity contribution is -0.132. The summed E-state index contributed by atoms with van der Waals surface area (Å²) < 4.78 is 5.59. The van der Waals surface area contributed by atoms with Crippen LogP contribution >= 0.6 is 0 Å². The average molecular weight is 348 g/mol. The summed E-state index contributed by atoms with van der Waals surface area (Å²) in [5, 5.41) is 3.02. The normalized spacial score (nSPS) is 17.6. The monoisotopic (exact) mass is 347 g/mol. The van der Waals surface area contributed by atoms with Gasteiger partial charge in [0.2, 0.25) is 5.91 Å². The molecule has 2 rings (SSSR count). The Morgan fingerprint density at radius 2 is 1.76 bits per heavy atom. The minimum Gasteiger partial charge on any atom is -0.368 e. The molecule has 25 heavy (non-hydrogen) atoms. The first kappa shape index (κ1) is 19.9. The second kappa shape index (κ2) is 9.90. The van der Waals surface area contributed by atoms with E-state index in [0.717, 1.165) is 32.7 Å². The van der Waals surface area contributed by atoms with Crippen LogP contribution in [0.2, 0.25) is 0 Å². The first-order valence-electron chi connectivity index (χ1n) is 9.32. The van der Waals surface area contributed by atoms with Gasteiger partial charge in [0.15, 0.2) is 0 Å². The maximum absolute atomic E-state index is 12.2. The number of carbonyl (C=O) groups is 1. The molecule has 1 aliphatic rings. The molecule has 1 saturated heterocycles. The summed E-state index contributed by atoms with van der Waals surface area (Å²) in [5.41, 5.74) is 2.48. The molecular weight excluding hydrogens is 314 g/mol. The molecule has 1 unspecified atom stereocenters. The average Bonchev–Trinajstić information content (AvgIpc) is 2.60. The fraction of sp³-hybridized carbons (Fsp3) is 0.650. The van der Waals surface area contributed by atoms with Crippen molar-refractivity contribution in [2.45, 2.75) is 40.0 Å². The van der Waals surface area contributed by atoms with Crippen molar-refractivity contribution in [1.29, 1.82) is 0 Å². The minimum atomic E-state index is -0.410. The zero-order chi connectivity index (χ0) is 18.2. The van der Waals surface area contributed by atoms with Gasteiger partial charge in [-0.25, -0.2) is 0 Å². The van der Waals surface area contributed by atoms with Gasteiger partial charge in [-0.15, -0.1) is 0 Å². The third-order valence-electron chi connectivity index (χ3n) is 4.61. The molecule has 140 valence electrons. The van der Waals surface area contributed by atoms with E-state index in [2.05, 4.69) is 54.2 Å². The van der Waals surface area contributed by atoms with E-state index in [1.54, 1.807) is 0 Å². The number of nitrogens with zero attached hydrogens (tertiary/aromatic N) is 2. The number of carbonyl (C=O) groups excluding carboxylic acids is 1. The molecule has 0 bridgehead atoms. The SMILES string of the molecule is CC(C)COC(C)C(=O)NCc1ccccc1CN1CCN(C)CC1. The Morgan fingerprint density at radius 1 is 1.12 bits per heavy atom. The number of benzene rings is 1. The quantitative estimate of drug-likeness (QED) is 0.782. The molecule has 0 radical (unpaired) electrons. The van der Waals surface area contributed by atoms with Gasteiger partial charge in [-0.3, -0.25) is 9.69 Å². The van der Waals surface area contributed by atoms with E-state index in [1.165, 1.54) is 11.1 Å². The van der Waals surface area contributed by atoms with Crippen molar-refractivity contribution in [3.05, 3.63) is 35.4 Å². The highest BCUT2D eigenvalue weighted by atomic mass is 16.5. The summed E-state index contributed by atoms with van der Waals surface area (Å²) in [7, 11) is 2.17. The molecule has 5 heteroatoms. The largest absolute Gasteiger partial charge is 0.368 e. The van der Waals surface area contributed by atoms with Gasteiger partial charge in [-0.05, 0) is 31.0 Å². The van der Waals surface area contributed by atoms with Crippen molar-refractivity contribution in [1.82, 2.24) is 15.1 Å². The van der Waals surface area contributed by atoms with E-state index in [9.17, 15) is 4.79 Å². The topological polar surface area (TPSA) is 44.8 Å². The number of amides is 1. The molecule has 1 aromatic rings. The summed E-state index contributed by atoms with van der Waals surface area (Å²) in [5.74, 6) is 0.384. The molecule has 1 amide bonds. The summed E-state index contributed by atoms with van der Waals surface area (Å²) in [6, 6.07) is 8.38. The summed E-state index contributed by atoms with van der Waals surface area (Å²) in [6.07, 6.45) is -0.410. The molecule has 0 spiro atoms. The molecule has 0 aliphatic carbocycles. The molecule has 1 heterocycles. The predicted octanol–water partition coefficient (Wildman–Crippen LogP) is 2.11. The second-order valence-electron chi connectivity index (χ2n) is 7.44. The van der Waals surface area contributed by atoms with Gasteiger partial charge in [-0.2, -0.15) is 0 Å². The minimum absolute atomic E-state index is 0.0462. The van der Waals surface area contributed by atoms with Crippen molar-refractivity contribution >= 4 is 5.91 Å². The van der Waals surface area contributed by atoms with Crippen LogP contribution in [0, 0.1) is 5.92 Å². The Hall–Kier alpha value is -1.43. The van der Waals surface area contributed by atoms with Crippen molar-refractivity contribution in [2.75, 3.05) is 39.8 Å². The second-order valence-corrected chi connectivity index (χ2v) is 7.44. The molecule has 1 aliphatic heterocycles. The third kappa shape index (κ3) is 6.77. The van der Waals surface area contributed by atoms with Crippen LogP contribution in [0.1, 0.15) is 31.9 Å². The van der Waals surface area contributed by atoms with E-state index < -0.39 is 6.10 Å². The van der Waals surface area contributed by atoms with Crippen molar-refractivity contribution in [2.24, 2.45) is 5.92 Å². The fourth-order valence-corrected chi connectivity index (χ4v) is 2.87. The Balaban J connectivity index is 1.86. The van der Waals surface area contributed by atoms with Gasteiger partial charge in [0.1, 0.15) is 6.10 Å². The third-order valence-corrected chi connectivity index (χ3v) is 4.61. The Morgan fingerprint density at radius 3 is 2.40 bits per heavy atom. The maximum atomic E-state index is 12.2. The number of piperazine rings is 1. The zero-order valence-corrected chi connectivity index (χ0v) is 16.1. The standard InChI is InChI=1S/C20H33N3O2/c1-16(2)15-25-17(3)20(24)21-13-18-7-5-6-8-19(18)14-23-11-9-22(4)10-12-23/h5-8,16-17H,9-15H2,1-4H3,(H,21,24). The molecular formula is C20H33N3O2. The smallest absolute Gasteiger partial charge is 0.249 e. The lowest BCUT2D eigenvalue weighted by Gasteiger charge is -2.32.